The van der Waals surface area contributed by atoms with Crippen LogP contribution in [0.1, 0.15) is 35.2 Å². The summed E-state index contributed by atoms with van der Waals surface area (Å²) >= 11 is 0. The van der Waals surface area contributed by atoms with Crippen molar-refractivity contribution in [1.29, 1.82) is 0 Å². The molecule has 18 heavy (non-hydrogen) atoms. The largest absolute Gasteiger partial charge is 0.472 e. The van der Waals surface area contributed by atoms with Crippen molar-refractivity contribution in [2.75, 3.05) is 6.54 Å². The minimum atomic E-state index is -0.124. The van der Waals surface area contributed by atoms with Crippen LogP contribution in [-0.4, -0.2) is 6.54 Å². The molecule has 1 aromatic heterocycles. The first-order valence-electron chi connectivity index (χ1n) is 6.15. The molecule has 0 saturated carbocycles. The van der Waals surface area contributed by atoms with E-state index in [0.29, 0.717) is 11.1 Å². The van der Waals surface area contributed by atoms with Gasteiger partial charge in [-0.25, -0.2) is 4.39 Å². The van der Waals surface area contributed by atoms with Gasteiger partial charge in [-0.2, -0.15) is 0 Å². The van der Waals surface area contributed by atoms with E-state index in [4.69, 9.17) is 4.42 Å². The lowest BCUT2D eigenvalue weighted by Gasteiger charge is -2.18. The van der Waals surface area contributed by atoms with Gasteiger partial charge in [-0.3, -0.25) is 0 Å². The highest BCUT2D eigenvalue weighted by atomic mass is 19.1. The van der Waals surface area contributed by atoms with Crippen LogP contribution < -0.4 is 5.32 Å². The molecule has 96 valence electrons. The predicted octanol–water partition coefficient (Wildman–Crippen LogP) is 3.73. The Balaban J connectivity index is 2.43. The third-order valence-electron chi connectivity index (χ3n) is 3.08. The Bertz CT molecular complexity index is 496. The van der Waals surface area contributed by atoms with Crippen molar-refractivity contribution in [2.45, 2.75) is 26.8 Å². The highest BCUT2D eigenvalue weighted by Gasteiger charge is 2.16. The SMILES string of the molecule is CCNC(c1ccoc1)c1cc(C)c(F)c(C)c1. The molecule has 0 amide bonds. The lowest BCUT2D eigenvalue weighted by Crippen LogP contribution is -2.21. The first kappa shape index (κ1) is 12.8. The van der Waals surface area contributed by atoms with Gasteiger partial charge in [-0.05, 0) is 43.1 Å². The lowest BCUT2D eigenvalue weighted by molar-refractivity contribution is 0.552. The van der Waals surface area contributed by atoms with Gasteiger partial charge in [0.25, 0.3) is 0 Å². The van der Waals surface area contributed by atoms with Gasteiger partial charge in [0, 0.05) is 5.56 Å². The molecule has 1 heterocycles. The Morgan fingerprint density at radius 1 is 1.22 bits per heavy atom. The Kier molecular flexibility index (Phi) is 3.82. The summed E-state index contributed by atoms with van der Waals surface area (Å²) in [5.41, 5.74) is 3.48. The van der Waals surface area contributed by atoms with Crippen LogP contribution >= 0.6 is 0 Å². The van der Waals surface area contributed by atoms with E-state index >= 15 is 0 Å². The molecule has 0 aliphatic heterocycles. The van der Waals surface area contributed by atoms with Crippen LogP contribution in [-0.2, 0) is 0 Å². The number of halogens is 1. The van der Waals surface area contributed by atoms with Crippen LogP contribution in [0.5, 0.6) is 0 Å². The van der Waals surface area contributed by atoms with Crippen molar-refractivity contribution in [2.24, 2.45) is 0 Å². The summed E-state index contributed by atoms with van der Waals surface area (Å²) in [5, 5.41) is 3.39. The van der Waals surface area contributed by atoms with E-state index in [1.54, 1.807) is 26.4 Å². The molecule has 1 aromatic carbocycles. The van der Waals surface area contributed by atoms with Gasteiger partial charge in [-0.1, -0.05) is 19.1 Å². The van der Waals surface area contributed by atoms with Gasteiger partial charge in [0.05, 0.1) is 18.6 Å². The van der Waals surface area contributed by atoms with Crippen LogP contribution in [0.4, 0.5) is 4.39 Å². The van der Waals surface area contributed by atoms with E-state index in [9.17, 15) is 4.39 Å². The van der Waals surface area contributed by atoms with Crippen molar-refractivity contribution in [3.05, 3.63) is 58.8 Å². The molecule has 2 nitrogen and oxygen atoms in total. The second-order valence-corrected chi connectivity index (χ2v) is 4.52. The van der Waals surface area contributed by atoms with Crippen molar-refractivity contribution in [1.82, 2.24) is 5.32 Å². The second-order valence-electron chi connectivity index (χ2n) is 4.52. The standard InChI is InChI=1S/C15H18FNO/c1-4-17-15(12-5-6-18-9-12)13-7-10(2)14(16)11(3)8-13/h5-9,15,17H,4H2,1-3H3. The second kappa shape index (κ2) is 5.36. The Morgan fingerprint density at radius 2 is 1.89 bits per heavy atom. The minimum Gasteiger partial charge on any atom is -0.472 e. The Morgan fingerprint density at radius 3 is 2.39 bits per heavy atom. The van der Waals surface area contributed by atoms with Gasteiger partial charge >= 0.3 is 0 Å². The van der Waals surface area contributed by atoms with E-state index in [1.165, 1.54) is 0 Å². The summed E-state index contributed by atoms with van der Waals surface area (Å²) in [6.45, 7) is 6.48. The number of hydrogen-bond acceptors (Lipinski definition) is 2. The fourth-order valence-corrected chi connectivity index (χ4v) is 2.22. The van der Waals surface area contributed by atoms with Crippen molar-refractivity contribution in [3.8, 4) is 0 Å². The molecule has 0 spiro atoms. The fourth-order valence-electron chi connectivity index (χ4n) is 2.22. The number of benzene rings is 1. The topological polar surface area (TPSA) is 25.2 Å². The van der Waals surface area contributed by atoms with Crippen LogP contribution in [0.2, 0.25) is 0 Å². The molecule has 2 aromatic rings. The number of furan rings is 1. The molecule has 1 N–H and O–H groups in total. The smallest absolute Gasteiger partial charge is 0.129 e. The van der Waals surface area contributed by atoms with Crippen molar-refractivity contribution in [3.63, 3.8) is 0 Å². The maximum atomic E-state index is 13.7. The van der Waals surface area contributed by atoms with Gasteiger partial charge in [0.1, 0.15) is 5.82 Å². The molecular formula is C15H18FNO. The van der Waals surface area contributed by atoms with E-state index in [0.717, 1.165) is 17.7 Å². The van der Waals surface area contributed by atoms with E-state index in [-0.39, 0.29) is 11.9 Å². The average Bonchev–Trinajstić information content (AvgIpc) is 2.86. The van der Waals surface area contributed by atoms with Gasteiger partial charge in [0.2, 0.25) is 0 Å². The van der Waals surface area contributed by atoms with Crippen LogP contribution in [0.25, 0.3) is 0 Å². The molecule has 2 rings (SSSR count). The molecule has 0 bridgehead atoms. The van der Waals surface area contributed by atoms with E-state index in [2.05, 4.69) is 12.2 Å². The zero-order valence-electron chi connectivity index (χ0n) is 11.0. The highest BCUT2D eigenvalue weighted by molar-refractivity contribution is 5.36. The number of hydrogen-bond donors (Lipinski definition) is 1. The molecule has 0 aliphatic carbocycles. The molecule has 0 fully saturated rings. The fraction of sp³-hybridized carbons (Fsp3) is 0.333. The van der Waals surface area contributed by atoms with Gasteiger partial charge in [-0.15, -0.1) is 0 Å². The molecule has 3 heteroatoms. The van der Waals surface area contributed by atoms with Crippen molar-refractivity contribution >= 4 is 0 Å². The summed E-state index contributed by atoms with van der Waals surface area (Å²) in [6, 6.07) is 5.76. The summed E-state index contributed by atoms with van der Waals surface area (Å²) in [5.74, 6) is -0.124. The average molecular weight is 247 g/mol. The maximum absolute atomic E-state index is 13.7. The van der Waals surface area contributed by atoms with E-state index in [1.807, 2.05) is 18.2 Å². The maximum Gasteiger partial charge on any atom is 0.129 e. The van der Waals surface area contributed by atoms with E-state index < -0.39 is 0 Å². The van der Waals surface area contributed by atoms with Crippen molar-refractivity contribution < 1.29 is 8.81 Å². The normalized spacial score (nSPS) is 12.7. The first-order chi connectivity index (χ1) is 8.63. The Hall–Kier alpha value is -1.61. The van der Waals surface area contributed by atoms with Gasteiger partial charge < -0.3 is 9.73 Å². The quantitative estimate of drug-likeness (QED) is 0.890. The number of nitrogens with one attached hydrogen (secondary N) is 1. The third kappa shape index (κ3) is 2.46. The summed E-state index contributed by atoms with van der Waals surface area (Å²) < 4.78 is 18.8. The zero-order valence-corrected chi connectivity index (χ0v) is 11.0. The zero-order chi connectivity index (χ0) is 13.1. The monoisotopic (exact) mass is 247 g/mol. The molecule has 1 unspecified atom stereocenters. The number of rotatable bonds is 4. The van der Waals surface area contributed by atoms with Gasteiger partial charge in [0.15, 0.2) is 0 Å². The molecule has 0 radical (unpaired) electrons. The minimum absolute atomic E-state index is 0.0479. The molecule has 0 saturated heterocycles. The van der Waals surface area contributed by atoms with Crippen LogP contribution in [0, 0.1) is 19.7 Å². The summed E-state index contributed by atoms with van der Waals surface area (Å²) in [4.78, 5) is 0. The van der Waals surface area contributed by atoms with Crippen LogP contribution in [0.15, 0.2) is 35.1 Å². The Labute approximate surface area is 107 Å². The third-order valence-corrected chi connectivity index (χ3v) is 3.08. The lowest BCUT2D eigenvalue weighted by atomic mass is 9.97. The summed E-state index contributed by atoms with van der Waals surface area (Å²) in [7, 11) is 0. The predicted molar refractivity (Wildman–Crippen MR) is 70.1 cm³/mol. The molecular weight excluding hydrogens is 229 g/mol. The highest BCUT2D eigenvalue weighted by Crippen LogP contribution is 2.25. The molecule has 1 atom stereocenters. The molecule has 0 aliphatic rings. The summed E-state index contributed by atoms with van der Waals surface area (Å²) in [6.07, 6.45) is 3.38. The van der Waals surface area contributed by atoms with Crippen LogP contribution in [0.3, 0.4) is 0 Å². The number of aryl methyl sites for hydroxylation is 2. The first-order valence-corrected chi connectivity index (χ1v) is 6.15.